The zero-order valence-electron chi connectivity index (χ0n) is 32.9. The van der Waals surface area contributed by atoms with Gasteiger partial charge in [0.05, 0.1) is 11.4 Å². The first-order valence-electron chi connectivity index (χ1n) is 20.6. The fourth-order valence-electron chi connectivity index (χ4n) is 9.28. The van der Waals surface area contributed by atoms with Crippen LogP contribution >= 0.6 is 34.0 Å². The number of fused-ring (bicyclic) bond motifs is 9. The molecule has 0 unspecified atom stereocenters. The maximum Gasteiger partial charge on any atom is 0.0726 e. The van der Waals surface area contributed by atoms with Crippen LogP contribution in [0.2, 0.25) is 0 Å². The first-order valence-corrected chi connectivity index (χ1v) is 23.1. The van der Waals surface area contributed by atoms with Gasteiger partial charge in [-0.25, -0.2) is 0 Å². The highest BCUT2D eigenvalue weighted by Crippen LogP contribution is 2.46. The van der Waals surface area contributed by atoms with Gasteiger partial charge >= 0.3 is 0 Å². The molecule has 0 aliphatic carbocycles. The first-order chi connectivity index (χ1) is 29.7. The summed E-state index contributed by atoms with van der Waals surface area (Å²) in [4.78, 5) is 5.65. The van der Waals surface area contributed by atoms with Crippen LogP contribution in [0.25, 0.3) is 94.0 Å². The molecule has 1 aliphatic heterocycles. The van der Waals surface area contributed by atoms with Crippen LogP contribution in [0.4, 0.5) is 0 Å². The normalized spacial score (nSPS) is 13.6. The van der Waals surface area contributed by atoms with Crippen molar-refractivity contribution in [2.75, 3.05) is 0 Å². The van der Waals surface area contributed by atoms with Gasteiger partial charge < -0.3 is 0 Å². The van der Waals surface area contributed by atoms with E-state index in [-0.39, 0.29) is 0 Å². The van der Waals surface area contributed by atoms with E-state index in [9.17, 15) is 0 Å². The summed E-state index contributed by atoms with van der Waals surface area (Å²) in [5, 5.41) is 7.85. The van der Waals surface area contributed by atoms with E-state index in [4.69, 9.17) is 4.99 Å². The first kappa shape index (κ1) is 35.5. The molecule has 284 valence electrons. The number of allylic oxidation sites excluding steroid dienone is 3. The fourth-order valence-corrected chi connectivity index (χ4v) is 13.0. The maximum absolute atomic E-state index is 5.65. The molecule has 0 saturated carbocycles. The van der Waals surface area contributed by atoms with Crippen LogP contribution in [0.5, 0.6) is 0 Å². The van der Waals surface area contributed by atoms with Crippen molar-refractivity contribution in [1.29, 1.82) is 0 Å². The molecule has 0 spiro atoms. The molecule has 0 bridgehead atoms. The van der Waals surface area contributed by atoms with Crippen molar-refractivity contribution in [1.82, 2.24) is 0 Å². The number of hydrogen-bond acceptors (Lipinski definition) is 4. The largest absolute Gasteiger partial charge is 0.252 e. The van der Waals surface area contributed by atoms with Gasteiger partial charge in [-0.2, -0.15) is 0 Å². The van der Waals surface area contributed by atoms with Crippen molar-refractivity contribution in [3.05, 3.63) is 204 Å². The molecule has 0 atom stereocenters. The van der Waals surface area contributed by atoms with Gasteiger partial charge in [-0.15, -0.1) is 34.0 Å². The van der Waals surface area contributed by atoms with E-state index >= 15 is 0 Å². The van der Waals surface area contributed by atoms with E-state index in [2.05, 4.69) is 189 Å². The Bertz CT molecular complexity index is 3480. The minimum atomic E-state index is 0.773. The molecule has 8 aromatic carbocycles. The Hall–Kier alpha value is -6.43. The van der Waals surface area contributed by atoms with Gasteiger partial charge in [0.1, 0.15) is 0 Å². The number of thiophene rings is 3. The molecule has 0 saturated heterocycles. The summed E-state index contributed by atoms with van der Waals surface area (Å²) < 4.78 is 7.88. The number of aliphatic imine (C=N–C) groups is 1. The number of hydrogen-bond donors (Lipinski definition) is 0. The second-order valence-electron chi connectivity index (χ2n) is 15.6. The monoisotopic (exact) mass is 819 g/mol. The van der Waals surface area contributed by atoms with Crippen molar-refractivity contribution < 1.29 is 0 Å². The Kier molecular flexibility index (Phi) is 8.52. The van der Waals surface area contributed by atoms with E-state index in [1.807, 2.05) is 34.0 Å². The topological polar surface area (TPSA) is 12.4 Å². The summed E-state index contributed by atoms with van der Waals surface area (Å²) in [7, 11) is 0. The highest BCUT2D eigenvalue weighted by molar-refractivity contribution is 7.27. The summed E-state index contributed by atoms with van der Waals surface area (Å²) >= 11 is 5.67. The molecule has 4 heteroatoms. The van der Waals surface area contributed by atoms with Gasteiger partial charge in [0.25, 0.3) is 0 Å². The molecule has 60 heavy (non-hydrogen) atoms. The Morgan fingerprint density at radius 3 is 1.37 bits per heavy atom. The molecule has 0 radical (unpaired) electrons. The second kappa shape index (κ2) is 14.4. The van der Waals surface area contributed by atoms with Crippen LogP contribution in [0.1, 0.15) is 36.5 Å². The molecule has 4 heterocycles. The second-order valence-corrected chi connectivity index (χ2v) is 18.8. The lowest BCUT2D eigenvalue weighted by Crippen LogP contribution is -2.03. The molecule has 1 nitrogen and oxygen atoms in total. The summed E-state index contributed by atoms with van der Waals surface area (Å²) in [5.74, 6) is 0. The fraction of sp³-hybridized carbons (Fsp3) is 0.0536. The van der Waals surface area contributed by atoms with E-state index in [0.29, 0.717) is 0 Å². The van der Waals surface area contributed by atoms with Crippen LogP contribution in [-0.4, -0.2) is 5.71 Å². The summed E-state index contributed by atoms with van der Waals surface area (Å²) in [6.45, 7) is 2.31. The third-order valence-electron chi connectivity index (χ3n) is 12.2. The van der Waals surface area contributed by atoms with E-state index in [1.165, 1.54) is 111 Å². The SMILES string of the molecule is CCC1=C(c2cc(-c3cccc4c3sc3ccccc34)cc(-c3cccc4c3sc3ccccc34)c2)C=C(c2cccc3c2sc2ccccc23)N=C(c2ccccc2)C1. The minimum Gasteiger partial charge on any atom is -0.252 e. The van der Waals surface area contributed by atoms with Gasteiger partial charge in [-0.05, 0) is 87.8 Å². The number of nitrogens with zero attached hydrogens (tertiary/aromatic N) is 1. The molecule has 11 aromatic rings. The highest BCUT2D eigenvalue weighted by atomic mass is 32.1. The molecule has 0 N–H and O–H groups in total. The third kappa shape index (κ3) is 5.82. The van der Waals surface area contributed by atoms with E-state index < -0.39 is 0 Å². The lowest BCUT2D eigenvalue weighted by Gasteiger charge is -2.16. The molecule has 12 rings (SSSR count). The Labute approximate surface area is 360 Å². The molecule has 1 aliphatic rings. The minimum absolute atomic E-state index is 0.773. The standard InChI is InChI=1S/C56H37NS3/c1-2-34-32-49(35-15-4-3-5-16-35)57-50(47-25-14-24-46-43-19-8-11-28-53(43)60-56(46)47)33-48(34)38-30-36(39-20-12-22-44-41-17-6-9-26-51(41)58-54(39)44)29-37(31-38)40-21-13-23-45-42-18-7-10-27-52(42)59-55(40)45/h3-31,33H,2,32H2,1H3. The van der Waals surface area contributed by atoms with Crippen molar-refractivity contribution in [2.45, 2.75) is 19.8 Å². The van der Waals surface area contributed by atoms with Gasteiger partial charge in [0.2, 0.25) is 0 Å². The number of rotatable bonds is 6. The van der Waals surface area contributed by atoms with Crippen LogP contribution in [0.3, 0.4) is 0 Å². The molecular weight excluding hydrogens is 783 g/mol. The van der Waals surface area contributed by atoms with Crippen LogP contribution < -0.4 is 0 Å². The van der Waals surface area contributed by atoms with Crippen molar-refractivity contribution in [2.24, 2.45) is 4.99 Å². The van der Waals surface area contributed by atoms with E-state index in [0.717, 1.165) is 24.3 Å². The Balaban J connectivity index is 1.14. The zero-order chi connectivity index (χ0) is 39.7. The summed E-state index contributed by atoms with van der Waals surface area (Å²) in [6, 6.07) is 65.0. The van der Waals surface area contributed by atoms with Gasteiger partial charge in [0, 0.05) is 72.5 Å². The zero-order valence-corrected chi connectivity index (χ0v) is 35.4. The quantitative estimate of drug-likeness (QED) is 0.158. The van der Waals surface area contributed by atoms with Crippen molar-refractivity contribution >= 4 is 112 Å². The molecule has 3 aromatic heterocycles. The van der Waals surface area contributed by atoms with Gasteiger partial charge in [0.15, 0.2) is 0 Å². The Morgan fingerprint density at radius 2 is 0.850 bits per heavy atom. The highest BCUT2D eigenvalue weighted by Gasteiger charge is 2.22. The average molecular weight is 820 g/mol. The maximum atomic E-state index is 5.65. The van der Waals surface area contributed by atoms with Crippen LogP contribution in [0.15, 0.2) is 193 Å². The third-order valence-corrected chi connectivity index (χ3v) is 15.8. The number of benzene rings is 8. The molecule has 0 fully saturated rings. The summed E-state index contributed by atoms with van der Waals surface area (Å²) in [6.07, 6.45) is 4.10. The van der Waals surface area contributed by atoms with Gasteiger partial charge in [-0.3, -0.25) is 4.99 Å². The average Bonchev–Trinajstić information content (AvgIpc) is 3.96. The Morgan fingerprint density at radius 1 is 0.417 bits per heavy atom. The van der Waals surface area contributed by atoms with Gasteiger partial charge in [-0.1, -0.05) is 152 Å². The molecule has 0 amide bonds. The van der Waals surface area contributed by atoms with Crippen molar-refractivity contribution in [3.63, 3.8) is 0 Å². The van der Waals surface area contributed by atoms with E-state index in [1.54, 1.807) is 0 Å². The predicted molar refractivity (Wildman–Crippen MR) is 265 cm³/mol. The predicted octanol–water partition coefficient (Wildman–Crippen LogP) is 17.2. The lowest BCUT2D eigenvalue weighted by molar-refractivity contribution is 1.06. The lowest BCUT2D eigenvalue weighted by atomic mass is 9.88. The van der Waals surface area contributed by atoms with Crippen LogP contribution in [0, 0.1) is 0 Å². The van der Waals surface area contributed by atoms with Crippen molar-refractivity contribution in [3.8, 4) is 22.3 Å². The smallest absolute Gasteiger partial charge is 0.0726 e. The molecular formula is C56H37NS3. The summed E-state index contributed by atoms with van der Waals surface area (Å²) in [5.41, 5.74) is 13.3. The van der Waals surface area contributed by atoms with Crippen LogP contribution in [-0.2, 0) is 0 Å².